The standard InChI is InChI=1S/C14H16N6O.ClH/c1-8-5-9(2)20-13(17-8)11(7-16-20)12-18-14(21-19-12)10-3-4-15-6-10;/h5,7,10,15H,3-4,6H2,1-2H3;1H/t10-;/m0./s1. The van der Waals surface area contributed by atoms with Crippen LogP contribution in [0.5, 0.6) is 0 Å². The van der Waals surface area contributed by atoms with E-state index >= 15 is 0 Å². The van der Waals surface area contributed by atoms with Crippen molar-refractivity contribution >= 4 is 18.1 Å². The van der Waals surface area contributed by atoms with Gasteiger partial charge in [0.2, 0.25) is 11.7 Å². The van der Waals surface area contributed by atoms with Crippen molar-refractivity contribution in [3.8, 4) is 11.4 Å². The first-order valence-electron chi connectivity index (χ1n) is 7.09. The largest absolute Gasteiger partial charge is 0.339 e. The minimum atomic E-state index is 0. The van der Waals surface area contributed by atoms with E-state index in [-0.39, 0.29) is 12.4 Å². The molecule has 116 valence electrons. The SMILES string of the molecule is Cc1cc(C)n2ncc(-c3noc([C@H]4CCNC4)n3)c2n1.Cl. The predicted octanol–water partition coefficient (Wildman–Crippen LogP) is 1.89. The first-order valence-corrected chi connectivity index (χ1v) is 7.09. The van der Waals surface area contributed by atoms with Gasteiger partial charge in [-0.15, -0.1) is 12.4 Å². The van der Waals surface area contributed by atoms with Gasteiger partial charge >= 0.3 is 0 Å². The Hall–Kier alpha value is -1.99. The average Bonchev–Trinajstić information content (AvgIpc) is 3.18. The van der Waals surface area contributed by atoms with Crippen LogP contribution in [0.25, 0.3) is 17.0 Å². The maximum atomic E-state index is 5.42. The average molecular weight is 321 g/mol. The van der Waals surface area contributed by atoms with Gasteiger partial charge in [0.1, 0.15) is 0 Å². The van der Waals surface area contributed by atoms with Gasteiger partial charge in [0.15, 0.2) is 5.65 Å². The topological polar surface area (TPSA) is 81.1 Å². The van der Waals surface area contributed by atoms with E-state index in [9.17, 15) is 0 Å². The quantitative estimate of drug-likeness (QED) is 0.776. The van der Waals surface area contributed by atoms with E-state index in [1.165, 1.54) is 0 Å². The van der Waals surface area contributed by atoms with Gasteiger partial charge < -0.3 is 9.84 Å². The molecule has 0 saturated carbocycles. The fraction of sp³-hybridized carbons (Fsp3) is 0.429. The van der Waals surface area contributed by atoms with E-state index in [0.29, 0.717) is 17.6 Å². The van der Waals surface area contributed by atoms with Crippen molar-refractivity contribution in [2.75, 3.05) is 13.1 Å². The molecule has 0 radical (unpaired) electrons. The molecule has 3 aromatic rings. The molecule has 22 heavy (non-hydrogen) atoms. The van der Waals surface area contributed by atoms with Crippen molar-refractivity contribution in [1.82, 2.24) is 30.1 Å². The second-order valence-corrected chi connectivity index (χ2v) is 5.48. The highest BCUT2D eigenvalue weighted by atomic mass is 35.5. The summed E-state index contributed by atoms with van der Waals surface area (Å²) in [5.74, 6) is 1.56. The summed E-state index contributed by atoms with van der Waals surface area (Å²) in [7, 11) is 0. The molecule has 7 nitrogen and oxygen atoms in total. The molecule has 3 aromatic heterocycles. The van der Waals surface area contributed by atoms with E-state index < -0.39 is 0 Å². The first kappa shape index (κ1) is 14.9. The molecular weight excluding hydrogens is 304 g/mol. The monoisotopic (exact) mass is 320 g/mol. The maximum Gasteiger partial charge on any atom is 0.231 e. The summed E-state index contributed by atoms with van der Waals surface area (Å²) in [5.41, 5.74) is 3.56. The molecular formula is C14H17ClN6O. The fourth-order valence-corrected chi connectivity index (χ4v) is 2.80. The summed E-state index contributed by atoms with van der Waals surface area (Å²) < 4.78 is 7.22. The normalized spacial score (nSPS) is 17.8. The third kappa shape index (κ3) is 2.36. The summed E-state index contributed by atoms with van der Waals surface area (Å²) in [6.07, 6.45) is 2.78. The van der Waals surface area contributed by atoms with Crippen molar-refractivity contribution in [2.24, 2.45) is 0 Å². The second-order valence-electron chi connectivity index (χ2n) is 5.48. The Labute approximate surface area is 133 Å². The number of hydrogen-bond acceptors (Lipinski definition) is 6. The summed E-state index contributed by atoms with van der Waals surface area (Å²) in [6, 6.07) is 2.00. The van der Waals surface area contributed by atoms with E-state index in [0.717, 1.165) is 42.1 Å². The molecule has 1 N–H and O–H groups in total. The van der Waals surface area contributed by atoms with E-state index in [1.54, 1.807) is 10.7 Å². The molecule has 0 unspecified atom stereocenters. The Morgan fingerprint density at radius 2 is 2.18 bits per heavy atom. The van der Waals surface area contributed by atoms with Crippen molar-refractivity contribution in [1.29, 1.82) is 0 Å². The number of hydrogen-bond donors (Lipinski definition) is 1. The van der Waals surface area contributed by atoms with Crippen molar-refractivity contribution < 1.29 is 4.52 Å². The zero-order valence-corrected chi connectivity index (χ0v) is 13.2. The third-order valence-corrected chi connectivity index (χ3v) is 3.87. The summed E-state index contributed by atoms with van der Waals surface area (Å²) >= 11 is 0. The van der Waals surface area contributed by atoms with Crippen LogP contribution in [0.2, 0.25) is 0 Å². The van der Waals surface area contributed by atoms with Gasteiger partial charge in [0.05, 0.1) is 17.7 Å². The lowest BCUT2D eigenvalue weighted by Crippen LogP contribution is -2.08. The molecule has 1 atom stereocenters. The number of halogens is 1. The molecule has 4 rings (SSSR count). The molecule has 8 heteroatoms. The van der Waals surface area contributed by atoms with Crippen LogP contribution < -0.4 is 5.32 Å². The highest BCUT2D eigenvalue weighted by Crippen LogP contribution is 2.26. The van der Waals surface area contributed by atoms with Crippen molar-refractivity contribution in [3.63, 3.8) is 0 Å². The van der Waals surface area contributed by atoms with Crippen LogP contribution in [0.3, 0.4) is 0 Å². The first-order chi connectivity index (χ1) is 10.2. The lowest BCUT2D eigenvalue weighted by atomic mass is 10.1. The Kier molecular flexibility index (Phi) is 3.84. The van der Waals surface area contributed by atoms with Crippen LogP contribution in [-0.2, 0) is 0 Å². The molecule has 0 aliphatic carbocycles. The number of nitrogens with one attached hydrogen (secondary N) is 1. The van der Waals surface area contributed by atoms with Gasteiger partial charge in [-0.25, -0.2) is 9.50 Å². The van der Waals surface area contributed by atoms with Crippen molar-refractivity contribution in [3.05, 3.63) is 29.5 Å². The predicted molar refractivity (Wildman–Crippen MR) is 83.2 cm³/mol. The number of rotatable bonds is 2. The summed E-state index contributed by atoms with van der Waals surface area (Å²) in [6.45, 7) is 5.87. The Bertz CT molecular complexity index is 805. The Morgan fingerprint density at radius 3 is 2.95 bits per heavy atom. The Balaban J connectivity index is 0.00000144. The van der Waals surface area contributed by atoms with Crippen LogP contribution in [0.1, 0.15) is 29.6 Å². The molecule has 0 bridgehead atoms. The van der Waals surface area contributed by atoms with Crippen molar-refractivity contribution in [2.45, 2.75) is 26.2 Å². The van der Waals surface area contributed by atoms with Crippen LogP contribution in [0.4, 0.5) is 0 Å². The highest BCUT2D eigenvalue weighted by molar-refractivity contribution is 5.85. The molecule has 0 aromatic carbocycles. The second kappa shape index (κ2) is 5.66. The third-order valence-electron chi connectivity index (χ3n) is 3.87. The van der Waals surface area contributed by atoms with Gasteiger partial charge in [0.25, 0.3) is 0 Å². The minimum Gasteiger partial charge on any atom is -0.339 e. The molecule has 0 spiro atoms. The molecule has 4 heterocycles. The summed E-state index contributed by atoms with van der Waals surface area (Å²) in [5, 5.41) is 11.8. The molecule has 1 saturated heterocycles. The minimum absolute atomic E-state index is 0. The molecule has 1 aliphatic heterocycles. The van der Waals surface area contributed by atoms with Crippen LogP contribution in [-0.4, -0.2) is 37.8 Å². The zero-order valence-electron chi connectivity index (χ0n) is 12.4. The van der Waals surface area contributed by atoms with Gasteiger partial charge in [0, 0.05) is 17.9 Å². The van der Waals surface area contributed by atoms with E-state index in [1.807, 2.05) is 19.9 Å². The fourth-order valence-electron chi connectivity index (χ4n) is 2.80. The lowest BCUT2D eigenvalue weighted by Gasteiger charge is -2.00. The van der Waals surface area contributed by atoms with Gasteiger partial charge in [-0.05, 0) is 32.9 Å². The van der Waals surface area contributed by atoms with Gasteiger partial charge in [-0.2, -0.15) is 10.1 Å². The van der Waals surface area contributed by atoms with Crippen LogP contribution >= 0.6 is 12.4 Å². The Morgan fingerprint density at radius 1 is 1.32 bits per heavy atom. The number of fused-ring (bicyclic) bond motifs is 1. The molecule has 0 amide bonds. The van der Waals surface area contributed by atoms with Gasteiger partial charge in [-0.3, -0.25) is 0 Å². The van der Waals surface area contributed by atoms with Crippen LogP contribution in [0, 0.1) is 13.8 Å². The van der Waals surface area contributed by atoms with E-state index in [4.69, 9.17) is 4.52 Å². The maximum absolute atomic E-state index is 5.42. The number of aromatic nitrogens is 5. The molecule has 1 aliphatic rings. The smallest absolute Gasteiger partial charge is 0.231 e. The highest BCUT2D eigenvalue weighted by Gasteiger charge is 2.24. The van der Waals surface area contributed by atoms with Crippen LogP contribution in [0.15, 0.2) is 16.8 Å². The molecule has 1 fully saturated rings. The number of aryl methyl sites for hydroxylation is 2. The number of nitrogens with zero attached hydrogens (tertiary/aromatic N) is 5. The van der Waals surface area contributed by atoms with Gasteiger partial charge in [-0.1, -0.05) is 5.16 Å². The van der Waals surface area contributed by atoms with E-state index in [2.05, 4.69) is 25.5 Å². The lowest BCUT2D eigenvalue weighted by molar-refractivity contribution is 0.359. The zero-order chi connectivity index (χ0) is 14.4. The summed E-state index contributed by atoms with van der Waals surface area (Å²) in [4.78, 5) is 9.08.